The van der Waals surface area contributed by atoms with E-state index in [1.165, 1.54) is 4.90 Å². The van der Waals surface area contributed by atoms with Gasteiger partial charge in [0.25, 0.3) is 0 Å². The van der Waals surface area contributed by atoms with Gasteiger partial charge in [-0.3, -0.25) is 4.90 Å². The molecule has 0 aromatic heterocycles. The van der Waals surface area contributed by atoms with Gasteiger partial charge in [0.05, 0.1) is 37.6 Å². The lowest BCUT2D eigenvalue weighted by Gasteiger charge is -2.47. The van der Waals surface area contributed by atoms with E-state index in [1.54, 1.807) is 13.8 Å². The second-order valence-corrected chi connectivity index (χ2v) is 12.4. The predicted octanol–water partition coefficient (Wildman–Crippen LogP) is 2.99. The van der Waals surface area contributed by atoms with Crippen molar-refractivity contribution >= 4 is 39.9 Å². The summed E-state index contributed by atoms with van der Waals surface area (Å²) in [4.78, 5) is 28.2. The average Bonchev–Trinajstić information content (AvgIpc) is 2.84. The summed E-state index contributed by atoms with van der Waals surface area (Å²) in [6.07, 6.45) is -0.682. The molecule has 2 aromatic carbocycles. The first-order chi connectivity index (χ1) is 17.0. The van der Waals surface area contributed by atoms with E-state index in [1.807, 2.05) is 56.4 Å². The predicted molar refractivity (Wildman–Crippen MR) is 146 cm³/mol. The van der Waals surface area contributed by atoms with Crippen LogP contribution in [0.4, 0.5) is 10.5 Å². The molecule has 0 aliphatic carbocycles. The number of quaternary nitrogens is 1. The van der Waals surface area contributed by atoms with Crippen molar-refractivity contribution in [3.63, 3.8) is 0 Å². The van der Waals surface area contributed by atoms with Crippen LogP contribution in [0.15, 0.2) is 42.5 Å². The highest BCUT2D eigenvalue weighted by Gasteiger charge is 2.47. The highest BCUT2D eigenvalue weighted by molar-refractivity contribution is 7.91. The Hall–Kier alpha value is -2.46. The summed E-state index contributed by atoms with van der Waals surface area (Å²) in [7, 11) is -1.00. The fraction of sp³-hybridized carbons (Fsp3) is 0.481. The van der Waals surface area contributed by atoms with Gasteiger partial charge in [-0.1, -0.05) is 24.3 Å². The molecule has 0 saturated carbocycles. The van der Waals surface area contributed by atoms with Crippen molar-refractivity contribution in [2.24, 2.45) is 0 Å². The van der Waals surface area contributed by atoms with Gasteiger partial charge >= 0.3 is 5.91 Å². The molecule has 37 heavy (non-hydrogen) atoms. The molecule has 0 N–H and O–H groups in total. The van der Waals surface area contributed by atoms with Crippen LogP contribution in [0, 0.1) is 0 Å². The van der Waals surface area contributed by atoms with Crippen LogP contribution in [0.5, 0.6) is 0 Å². The van der Waals surface area contributed by atoms with Gasteiger partial charge in [0.2, 0.25) is 0 Å². The Morgan fingerprint density at radius 3 is 2.22 bits per heavy atom. The molecular formula is C27H36ClN3O5S. The second-order valence-electron chi connectivity index (χ2n) is 10.1. The Bertz CT molecular complexity index is 1250. The zero-order chi connectivity index (χ0) is 26.3. The van der Waals surface area contributed by atoms with Crippen LogP contribution < -0.4 is 9.59 Å². The van der Waals surface area contributed by atoms with Crippen LogP contribution in [0.1, 0.15) is 44.4 Å². The number of rotatable bonds is 5. The maximum atomic E-state index is 12.8. The van der Waals surface area contributed by atoms with Crippen molar-refractivity contribution in [2.45, 2.75) is 45.8 Å². The number of amides is 2. The smallest absolute Gasteiger partial charge is 0.315 e. The fourth-order valence-corrected chi connectivity index (χ4v) is 6.82. The minimum absolute atomic E-state index is 0. The summed E-state index contributed by atoms with van der Waals surface area (Å²) in [5.41, 5.74) is 4.72. The zero-order valence-corrected chi connectivity index (χ0v) is 23.5. The standard InChI is InChI=1S/C27H35N3O5S.ClH/c1-5-29(27(32)33)25-16-19(2)30(4,20(3)31)26-11-10-23(17-24(25)26)22-8-6-21(7-9-22)18-28-12-14-36(34,35)15-13-28;/h6-11,17,19,25H,5,12-16,18H2,1-4H3;1H/t19-,25?,30+;/m0./s1. The minimum atomic E-state index is -2.90. The van der Waals surface area contributed by atoms with E-state index in [4.69, 9.17) is 0 Å². The Morgan fingerprint density at radius 1 is 1.08 bits per heavy atom. The second kappa shape index (κ2) is 11.1. The number of halogens is 1. The van der Waals surface area contributed by atoms with E-state index < -0.39 is 15.9 Å². The quantitative estimate of drug-likeness (QED) is 0.532. The van der Waals surface area contributed by atoms with Crippen molar-refractivity contribution in [2.75, 3.05) is 38.2 Å². The van der Waals surface area contributed by atoms with Crippen LogP contribution in [-0.2, 0) is 21.2 Å². The Kier molecular flexibility index (Phi) is 8.74. The monoisotopic (exact) mass is 549 g/mol. The van der Waals surface area contributed by atoms with Gasteiger partial charge in [-0.25, -0.2) is 17.7 Å². The number of fused-ring (bicyclic) bond motifs is 1. The third-order valence-corrected chi connectivity index (χ3v) is 9.68. The Balaban J connectivity index is 0.00000380. The topological polar surface area (TPSA) is 97.8 Å². The summed E-state index contributed by atoms with van der Waals surface area (Å²) in [6.45, 7) is 7.48. The lowest BCUT2D eigenvalue weighted by Crippen LogP contribution is -2.60. The number of carbonyl (C=O) groups excluding carboxylic acids is 2. The molecule has 2 aliphatic heterocycles. The largest absolute Gasteiger partial charge is 0.530 e. The fourth-order valence-electron chi connectivity index (χ4n) is 5.54. The van der Waals surface area contributed by atoms with Crippen molar-refractivity contribution in [3.8, 4) is 11.1 Å². The SMILES string of the molecule is CCN(C(=O)[O-])C1C[C@H](C)[N@+](C)(C(C)=O)c2ccc(-c3ccc(CN4CCS(=O)(=O)CC4)cc3)cc21.Cl. The van der Waals surface area contributed by atoms with E-state index in [0.717, 1.165) is 27.9 Å². The van der Waals surface area contributed by atoms with Crippen LogP contribution in [-0.4, -0.2) is 74.4 Å². The van der Waals surface area contributed by atoms with Crippen LogP contribution in [0.2, 0.25) is 0 Å². The lowest BCUT2D eigenvalue weighted by atomic mass is 9.86. The molecule has 2 aliphatic rings. The first-order valence-electron chi connectivity index (χ1n) is 12.5. The summed E-state index contributed by atoms with van der Waals surface area (Å²) >= 11 is 0. The normalized spacial score (nSPS) is 25.0. The number of sulfone groups is 1. The molecule has 1 fully saturated rings. The van der Waals surface area contributed by atoms with E-state index in [0.29, 0.717) is 32.6 Å². The van der Waals surface area contributed by atoms with Crippen molar-refractivity contribution in [1.82, 2.24) is 14.3 Å². The average molecular weight is 550 g/mol. The van der Waals surface area contributed by atoms with Crippen LogP contribution >= 0.6 is 12.4 Å². The molecule has 2 heterocycles. The molecular weight excluding hydrogens is 514 g/mol. The number of benzene rings is 2. The third kappa shape index (κ3) is 5.70. The number of hydrogen-bond acceptors (Lipinski definition) is 6. The van der Waals surface area contributed by atoms with Crippen molar-refractivity contribution < 1.29 is 23.1 Å². The van der Waals surface area contributed by atoms with Gasteiger partial charge in [-0.15, -0.1) is 12.4 Å². The molecule has 4 rings (SSSR count). The van der Waals surface area contributed by atoms with Gasteiger partial charge < -0.3 is 14.8 Å². The highest BCUT2D eigenvalue weighted by Crippen LogP contribution is 2.45. The summed E-state index contributed by atoms with van der Waals surface area (Å²) in [5, 5.41) is 11.9. The molecule has 0 spiro atoms. The molecule has 2 amide bonds. The van der Waals surface area contributed by atoms with Gasteiger partial charge in [-0.05, 0) is 42.7 Å². The summed E-state index contributed by atoms with van der Waals surface area (Å²) in [6, 6.07) is 13.7. The first-order valence-corrected chi connectivity index (χ1v) is 14.3. The van der Waals surface area contributed by atoms with Crippen molar-refractivity contribution in [3.05, 3.63) is 53.6 Å². The summed E-state index contributed by atoms with van der Waals surface area (Å²) in [5.74, 6) is 0.428. The molecule has 202 valence electrons. The molecule has 2 aromatic rings. The van der Waals surface area contributed by atoms with E-state index in [9.17, 15) is 23.1 Å². The molecule has 1 unspecified atom stereocenters. The van der Waals surface area contributed by atoms with Crippen molar-refractivity contribution in [1.29, 1.82) is 0 Å². The molecule has 8 nitrogen and oxygen atoms in total. The molecule has 1 saturated heterocycles. The van der Waals surface area contributed by atoms with Gasteiger partial charge in [0.15, 0.2) is 9.84 Å². The number of nitrogens with zero attached hydrogens (tertiary/aromatic N) is 3. The maximum absolute atomic E-state index is 12.8. The first kappa shape index (κ1) is 29.1. The van der Waals surface area contributed by atoms with Gasteiger partial charge in [-0.2, -0.15) is 0 Å². The van der Waals surface area contributed by atoms with Crippen LogP contribution in [0.25, 0.3) is 11.1 Å². The van der Waals surface area contributed by atoms with E-state index >= 15 is 0 Å². The molecule has 0 bridgehead atoms. The van der Waals surface area contributed by atoms with E-state index in [2.05, 4.69) is 4.90 Å². The lowest BCUT2D eigenvalue weighted by molar-refractivity contribution is -0.268. The minimum Gasteiger partial charge on any atom is -0.530 e. The van der Waals surface area contributed by atoms with Gasteiger partial charge in [0, 0.05) is 44.2 Å². The Labute approximate surface area is 225 Å². The molecule has 3 atom stereocenters. The number of hydrogen-bond donors (Lipinski definition) is 0. The zero-order valence-electron chi connectivity index (χ0n) is 21.8. The molecule has 10 heteroatoms. The summed E-state index contributed by atoms with van der Waals surface area (Å²) < 4.78 is 23.5. The highest BCUT2D eigenvalue weighted by atomic mass is 35.5. The molecule has 0 radical (unpaired) electrons. The number of carbonyl (C=O) groups is 2. The van der Waals surface area contributed by atoms with Crippen LogP contribution in [0.3, 0.4) is 0 Å². The Morgan fingerprint density at radius 2 is 1.68 bits per heavy atom. The van der Waals surface area contributed by atoms with Gasteiger partial charge in [0.1, 0.15) is 11.8 Å². The van der Waals surface area contributed by atoms with E-state index in [-0.39, 0.29) is 46.4 Å². The number of carboxylic acid groups (broad SMARTS) is 1. The third-order valence-electron chi connectivity index (χ3n) is 8.07. The maximum Gasteiger partial charge on any atom is 0.315 e.